The average molecular weight is 1320 g/mol. The van der Waals surface area contributed by atoms with E-state index in [0.29, 0.717) is 32.8 Å². The first kappa shape index (κ1) is 94.9. The third kappa shape index (κ3) is 103. The summed E-state index contributed by atoms with van der Waals surface area (Å²) in [4.78, 5) is 40.9. The van der Waals surface area contributed by atoms with Crippen LogP contribution in [0.15, 0.2) is 146 Å². The lowest BCUT2D eigenvalue weighted by Gasteiger charge is -2.02. The second-order valence-electron chi connectivity index (χ2n) is 23.1. The Morgan fingerprint density at radius 2 is 0.564 bits per heavy atom. The molecule has 0 saturated carbocycles. The molecule has 6 N–H and O–H groups in total. The monoisotopic (exact) mass is 1320 g/mol. The van der Waals surface area contributed by atoms with Crippen molar-refractivity contribution >= 4 is 23.9 Å². The Bertz CT molecular complexity index is 1990. The predicted molar refractivity (Wildman–Crippen MR) is 394 cm³/mol. The molecule has 14 heteroatoms. The first-order valence-corrected chi connectivity index (χ1v) is 36.3. The number of aliphatic carboxylic acids is 4. The first-order valence-electron chi connectivity index (χ1n) is 36.3. The molecule has 0 aliphatic heterocycles. The van der Waals surface area contributed by atoms with Gasteiger partial charge in [-0.3, -0.25) is 0 Å². The lowest BCUT2D eigenvalue weighted by molar-refractivity contribution is -0.143. The van der Waals surface area contributed by atoms with Gasteiger partial charge < -0.3 is 49.6 Å². The third-order valence-electron chi connectivity index (χ3n) is 13.8. The average Bonchev–Trinajstić information content (AvgIpc) is 3.62. The van der Waals surface area contributed by atoms with E-state index in [9.17, 15) is 29.4 Å². The molecule has 14 nitrogen and oxygen atoms in total. The zero-order valence-corrected chi connectivity index (χ0v) is 59.5. The van der Waals surface area contributed by atoms with Gasteiger partial charge in [0.15, 0.2) is 0 Å². The van der Waals surface area contributed by atoms with Crippen molar-refractivity contribution in [1.29, 1.82) is 0 Å². The number of allylic oxidation sites excluding steroid dienone is 21. The number of unbranched alkanes of at least 4 members (excludes halogenated alkanes) is 23. The van der Waals surface area contributed by atoms with E-state index >= 15 is 0 Å². The first-order chi connectivity index (χ1) is 45.9. The molecule has 0 bridgehead atoms. The second kappa shape index (κ2) is 87.5. The van der Waals surface area contributed by atoms with E-state index < -0.39 is 30.0 Å². The summed E-state index contributed by atoms with van der Waals surface area (Å²) in [5.74, 6) is -3.59. The number of hydrogen-bond acceptors (Lipinski definition) is 10. The molecule has 94 heavy (non-hydrogen) atoms. The van der Waals surface area contributed by atoms with Crippen molar-refractivity contribution in [2.24, 2.45) is 0 Å². The molecule has 0 aliphatic rings. The molecular formula is C80H136O14. The molecule has 0 rings (SSSR count). The molecular weight excluding hydrogens is 1180 g/mol. The molecule has 0 amide bonds. The highest BCUT2D eigenvalue weighted by molar-refractivity contribution is 5.68. The summed E-state index contributed by atoms with van der Waals surface area (Å²) in [5, 5.41) is 53.0. The van der Waals surface area contributed by atoms with Crippen LogP contribution in [0.2, 0.25) is 0 Å². The molecule has 0 heterocycles. The number of ether oxygens (including phenoxy) is 4. The largest absolute Gasteiger partial charge is 0.480 e. The maximum atomic E-state index is 10.2. The molecule has 0 fully saturated rings. The molecule has 0 aliphatic carbocycles. The fraction of sp³-hybridized carbons (Fsp3) is 0.650. The van der Waals surface area contributed by atoms with E-state index in [4.69, 9.17) is 39.4 Å². The maximum Gasteiger partial charge on any atom is 0.329 e. The maximum absolute atomic E-state index is 10.2. The molecule has 2 unspecified atom stereocenters. The van der Waals surface area contributed by atoms with Crippen LogP contribution in [0.4, 0.5) is 0 Å². The molecule has 2 atom stereocenters. The van der Waals surface area contributed by atoms with Crippen LogP contribution < -0.4 is 0 Å². The van der Waals surface area contributed by atoms with Gasteiger partial charge in [-0.25, -0.2) is 19.2 Å². The fourth-order valence-electron chi connectivity index (χ4n) is 8.58. The number of hydrogen-bond donors (Lipinski definition) is 6. The van der Waals surface area contributed by atoms with Gasteiger partial charge in [-0.15, -0.1) is 0 Å². The van der Waals surface area contributed by atoms with E-state index in [1.54, 1.807) is 0 Å². The van der Waals surface area contributed by atoms with Gasteiger partial charge in [-0.1, -0.05) is 270 Å². The lowest BCUT2D eigenvalue weighted by Crippen LogP contribution is -2.07. The van der Waals surface area contributed by atoms with Crippen LogP contribution in [0.25, 0.3) is 0 Å². The van der Waals surface area contributed by atoms with Crippen LogP contribution in [0.3, 0.4) is 0 Å². The van der Waals surface area contributed by atoms with Gasteiger partial charge in [-0.2, -0.15) is 0 Å². The van der Waals surface area contributed by atoms with Crippen molar-refractivity contribution in [2.75, 3.05) is 52.9 Å². The Balaban J connectivity index is -0.000000575. The Labute approximate surface area is 572 Å². The minimum Gasteiger partial charge on any atom is -0.480 e. The van der Waals surface area contributed by atoms with E-state index in [0.717, 1.165) is 141 Å². The molecule has 0 saturated heterocycles. The Kier molecular flexibility index (Phi) is 88.4. The minimum atomic E-state index is -0.910. The van der Waals surface area contributed by atoms with Gasteiger partial charge >= 0.3 is 23.9 Å². The standard InChI is InChI=1S/2C20H34O4.2C20H34O3/c2*1-2-3-12-15-19(21)16-13-10-8-6-4-5-7-9-11-14-17-24-18-20(22)23;2*1-2-3-4-5-6-7-8-9-10-11-12-13-14-15-16-17-18-23-19-20(21)22/h4-5,8,10,13,16,19,21H,2-3,6-7,9,11-12,14-15,17-18H2,1H3,(H,22,23);3,8,10,12-13,16,19,21H,2,4-7,9,11,14-15,17-18H2,1H3,(H,22,23);6-7,9-10,12-13H,2-5,8,11,14-19H2,1H3,(H,21,22);3-4,6-7,9-10H,2,5,8,11-19H2,1H3,(H,21,22)/b5-4-,10-8-,16-13+;10-8-,12-3-,16-13+;7-6-,10-9-,13-12-;4-3-,7-6-,10-9-. The van der Waals surface area contributed by atoms with Crippen LogP contribution in [0.5, 0.6) is 0 Å². The van der Waals surface area contributed by atoms with Crippen molar-refractivity contribution in [2.45, 2.75) is 284 Å². The number of carbonyl (C=O) groups is 4. The summed E-state index contributed by atoms with van der Waals surface area (Å²) in [5.41, 5.74) is 0. The van der Waals surface area contributed by atoms with Crippen molar-refractivity contribution in [1.82, 2.24) is 0 Å². The number of carboxylic acid groups (broad SMARTS) is 4. The van der Waals surface area contributed by atoms with Crippen molar-refractivity contribution in [3.8, 4) is 0 Å². The van der Waals surface area contributed by atoms with Crippen LogP contribution in [0.1, 0.15) is 272 Å². The summed E-state index contributed by atoms with van der Waals surface area (Å²) >= 11 is 0. The lowest BCUT2D eigenvalue weighted by atomic mass is 10.1. The highest BCUT2D eigenvalue weighted by Gasteiger charge is 2.01. The number of aliphatic hydroxyl groups is 2. The van der Waals surface area contributed by atoms with Gasteiger partial charge in [0.1, 0.15) is 26.4 Å². The SMILES string of the molecule is CC/C=C\C/C=C\C/C=C\CCCCCCCCOCC(=O)O.CC/C=C\CC(O)/C=C/C=C\CCCCCCCCOCC(=O)O.CCCCC/C=C\C/C=C\C/C=C\CCCCCOCC(=O)O.CCCCCC(O)/C=C/C=C\C/C=C\CCCCCOCC(=O)O. The van der Waals surface area contributed by atoms with Gasteiger partial charge in [0.25, 0.3) is 0 Å². The van der Waals surface area contributed by atoms with Gasteiger partial charge in [0.05, 0.1) is 12.2 Å². The quantitative estimate of drug-likeness (QED) is 0.0189. The Morgan fingerprint density at radius 1 is 0.287 bits per heavy atom. The highest BCUT2D eigenvalue weighted by atomic mass is 16.5. The number of aliphatic hydroxyl groups excluding tert-OH is 2. The molecule has 0 aromatic rings. The molecule has 0 radical (unpaired) electrons. The van der Waals surface area contributed by atoms with E-state index in [1.165, 1.54) is 96.3 Å². The van der Waals surface area contributed by atoms with Crippen LogP contribution in [-0.4, -0.2) is 120 Å². The minimum absolute atomic E-state index is 0.170. The van der Waals surface area contributed by atoms with Gasteiger partial charge in [0.2, 0.25) is 0 Å². The van der Waals surface area contributed by atoms with Crippen LogP contribution in [-0.2, 0) is 38.1 Å². The fourth-order valence-corrected chi connectivity index (χ4v) is 8.58. The summed E-state index contributed by atoms with van der Waals surface area (Å²) < 4.78 is 19.9. The van der Waals surface area contributed by atoms with Crippen LogP contribution in [0, 0.1) is 0 Å². The van der Waals surface area contributed by atoms with E-state index in [1.807, 2.05) is 42.5 Å². The zero-order chi connectivity index (χ0) is 69.8. The second-order valence-corrected chi connectivity index (χ2v) is 23.1. The third-order valence-corrected chi connectivity index (χ3v) is 13.8. The van der Waals surface area contributed by atoms with Gasteiger partial charge in [0, 0.05) is 26.4 Å². The van der Waals surface area contributed by atoms with Gasteiger partial charge in [-0.05, 0) is 148 Å². The van der Waals surface area contributed by atoms with Crippen molar-refractivity contribution < 1.29 is 68.8 Å². The summed E-state index contributed by atoms with van der Waals surface area (Å²) in [7, 11) is 0. The van der Waals surface area contributed by atoms with Crippen molar-refractivity contribution in [3.63, 3.8) is 0 Å². The van der Waals surface area contributed by atoms with E-state index in [2.05, 4.69) is 131 Å². The zero-order valence-electron chi connectivity index (χ0n) is 59.5. The highest BCUT2D eigenvalue weighted by Crippen LogP contribution is 2.11. The molecule has 0 spiro atoms. The summed E-state index contributed by atoms with van der Waals surface area (Å²) in [6, 6.07) is 0. The molecule has 0 aromatic carbocycles. The predicted octanol–water partition coefficient (Wildman–Crippen LogP) is 20.6. The van der Waals surface area contributed by atoms with E-state index in [-0.39, 0.29) is 32.5 Å². The smallest absolute Gasteiger partial charge is 0.329 e. The Hall–Kier alpha value is -5.48. The summed E-state index contributed by atoms with van der Waals surface area (Å²) in [6.45, 7) is 10.1. The van der Waals surface area contributed by atoms with Crippen LogP contribution >= 0.6 is 0 Å². The molecule has 540 valence electrons. The number of rotatable bonds is 64. The topological polar surface area (TPSA) is 227 Å². The van der Waals surface area contributed by atoms with Crippen molar-refractivity contribution in [3.05, 3.63) is 146 Å². The Morgan fingerprint density at radius 3 is 0.936 bits per heavy atom. The number of carboxylic acids is 4. The molecule has 0 aromatic heterocycles. The normalized spacial score (nSPS) is 12.7. The summed E-state index contributed by atoms with van der Waals surface area (Å²) in [6.07, 6.45) is 92.0.